The van der Waals surface area contributed by atoms with Crippen molar-refractivity contribution in [2.75, 3.05) is 20.3 Å². The van der Waals surface area contributed by atoms with E-state index in [2.05, 4.69) is 19.2 Å². The van der Waals surface area contributed by atoms with Gasteiger partial charge in [-0.05, 0) is 33.9 Å². The Morgan fingerprint density at radius 2 is 2.24 bits per heavy atom. The molecule has 21 heavy (non-hydrogen) atoms. The van der Waals surface area contributed by atoms with E-state index in [9.17, 15) is 4.79 Å². The van der Waals surface area contributed by atoms with Gasteiger partial charge in [-0.2, -0.15) is 0 Å². The van der Waals surface area contributed by atoms with Crippen molar-refractivity contribution in [1.82, 2.24) is 5.32 Å². The van der Waals surface area contributed by atoms with E-state index in [0.29, 0.717) is 12.4 Å². The van der Waals surface area contributed by atoms with Crippen molar-refractivity contribution in [1.29, 1.82) is 0 Å². The van der Waals surface area contributed by atoms with Gasteiger partial charge in [-0.3, -0.25) is 0 Å². The third-order valence-corrected chi connectivity index (χ3v) is 3.45. The molecule has 0 bridgehead atoms. The molecule has 5 nitrogen and oxygen atoms in total. The van der Waals surface area contributed by atoms with Crippen LogP contribution in [0.2, 0.25) is 0 Å². The largest absolute Gasteiger partial charge is 0.487 e. The van der Waals surface area contributed by atoms with E-state index in [1.807, 2.05) is 25.2 Å². The molecule has 0 saturated heterocycles. The van der Waals surface area contributed by atoms with Crippen molar-refractivity contribution < 1.29 is 19.0 Å². The lowest BCUT2D eigenvalue weighted by molar-refractivity contribution is -0.145. The van der Waals surface area contributed by atoms with Crippen LogP contribution in [0.3, 0.4) is 0 Å². The molecule has 1 aliphatic rings. The molecule has 0 amide bonds. The van der Waals surface area contributed by atoms with Crippen LogP contribution < -0.4 is 14.8 Å². The third-order valence-electron chi connectivity index (χ3n) is 3.45. The molecule has 0 fully saturated rings. The Morgan fingerprint density at radius 3 is 2.90 bits per heavy atom. The van der Waals surface area contributed by atoms with Gasteiger partial charge >= 0.3 is 5.97 Å². The summed E-state index contributed by atoms with van der Waals surface area (Å²) in [6.07, 6.45) is 0.902. The minimum absolute atomic E-state index is 0.0918. The van der Waals surface area contributed by atoms with Gasteiger partial charge in [-0.1, -0.05) is 6.07 Å². The van der Waals surface area contributed by atoms with Crippen molar-refractivity contribution >= 4 is 5.97 Å². The van der Waals surface area contributed by atoms with Gasteiger partial charge in [0.2, 0.25) is 0 Å². The van der Waals surface area contributed by atoms with Crippen LogP contribution in [0.25, 0.3) is 0 Å². The average molecular weight is 293 g/mol. The molecule has 1 aromatic rings. The molecule has 0 spiro atoms. The highest BCUT2D eigenvalue weighted by atomic mass is 16.6. The molecular formula is C16H23NO4. The van der Waals surface area contributed by atoms with E-state index < -0.39 is 0 Å². The number of carbonyl (C=O) groups is 1. The summed E-state index contributed by atoms with van der Waals surface area (Å²) in [5.41, 5.74) is 0.876. The number of hydrogen-bond donors (Lipinski definition) is 1. The van der Waals surface area contributed by atoms with Gasteiger partial charge in [-0.25, -0.2) is 4.79 Å². The molecule has 0 aromatic heterocycles. The molecule has 1 heterocycles. The normalized spacial score (nSPS) is 19.3. The van der Waals surface area contributed by atoms with Crippen LogP contribution in [0.4, 0.5) is 0 Å². The van der Waals surface area contributed by atoms with Gasteiger partial charge in [0.05, 0.1) is 6.61 Å². The van der Waals surface area contributed by atoms with Gasteiger partial charge in [0.15, 0.2) is 6.61 Å². The van der Waals surface area contributed by atoms with E-state index in [4.69, 9.17) is 14.2 Å². The van der Waals surface area contributed by atoms with Crippen LogP contribution in [0.15, 0.2) is 18.2 Å². The van der Waals surface area contributed by atoms with Crippen LogP contribution in [0.5, 0.6) is 11.5 Å². The molecular weight excluding hydrogens is 270 g/mol. The lowest BCUT2D eigenvalue weighted by Crippen LogP contribution is -2.38. The van der Waals surface area contributed by atoms with Gasteiger partial charge in [0, 0.05) is 24.1 Å². The Bertz CT molecular complexity index is 513. The van der Waals surface area contributed by atoms with E-state index in [-0.39, 0.29) is 24.2 Å². The van der Waals surface area contributed by atoms with Gasteiger partial charge in [-0.15, -0.1) is 0 Å². The van der Waals surface area contributed by atoms with Crippen molar-refractivity contribution in [2.45, 2.75) is 38.8 Å². The molecule has 0 radical (unpaired) electrons. The predicted molar refractivity (Wildman–Crippen MR) is 79.7 cm³/mol. The number of carbonyl (C=O) groups excluding carboxylic acids is 1. The zero-order valence-corrected chi connectivity index (χ0v) is 13.1. The second-order valence-corrected chi connectivity index (χ2v) is 5.70. The monoisotopic (exact) mass is 293 g/mol. The SMILES string of the molecule is CCOC(=O)COc1ccc2c(c1)OC(C)(C)CC2NC. The highest BCUT2D eigenvalue weighted by molar-refractivity contribution is 5.71. The lowest BCUT2D eigenvalue weighted by Gasteiger charge is -2.37. The number of esters is 1. The zero-order valence-electron chi connectivity index (χ0n) is 13.1. The molecule has 1 N–H and O–H groups in total. The minimum atomic E-state index is -0.371. The van der Waals surface area contributed by atoms with Crippen LogP contribution >= 0.6 is 0 Å². The van der Waals surface area contributed by atoms with Crippen LogP contribution in [0.1, 0.15) is 38.8 Å². The number of ether oxygens (including phenoxy) is 3. The fraction of sp³-hybridized carbons (Fsp3) is 0.562. The fourth-order valence-corrected chi connectivity index (χ4v) is 2.52. The smallest absolute Gasteiger partial charge is 0.344 e. The summed E-state index contributed by atoms with van der Waals surface area (Å²) in [5, 5.41) is 3.31. The van der Waals surface area contributed by atoms with Gasteiger partial charge < -0.3 is 19.5 Å². The molecule has 2 rings (SSSR count). The molecule has 1 unspecified atom stereocenters. The summed E-state index contributed by atoms with van der Waals surface area (Å²) in [6.45, 7) is 6.16. The highest BCUT2D eigenvalue weighted by Crippen LogP contribution is 2.40. The van der Waals surface area contributed by atoms with E-state index in [0.717, 1.165) is 17.7 Å². The molecule has 5 heteroatoms. The van der Waals surface area contributed by atoms with Crippen molar-refractivity contribution in [3.05, 3.63) is 23.8 Å². The summed E-state index contributed by atoms with van der Waals surface area (Å²) >= 11 is 0. The third kappa shape index (κ3) is 3.88. The molecule has 0 aliphatic carbocycles. The zero-order chi connectivity index (χ0) is 15.5. The summed E-state index contributed by atoms with van der Waals surface area (Å²) in [6, 6.07) is 5.92. The quantitative estimate of drug-likeness (QED) is 0.845. The van der Waals surface area contributed by atoms with Crippen LogP contribution in [-0.2, 0) is 9.53 Å². The Kier molecular flexibility index (Phi) is 4.73. The lowest BCUT2D eigenvalue weighted by atomic mass is 9.90. The second-order valence-electron chi connectivity index (χ2n) is 5.70. The summed E-state index contributed by atoms with van der Waals surface area (Å²) in [5.74, 6) is 1.03. The van der Waals surface area contributed by atoms with E-state index in [1.54, 1.807) is 6.92 Å². The Labute approximate surface area is 125 Å². The Balaban J connectivity index is 2.13. The molecule has 1 aliphatic heterocycles. The number of benzene rings is 1. The average Bonchev–Trinajstić information content (AvgIpc) is 2.43. The summed E-state index contributed by atoms with van der Waals surface area (Å²) < 4.78 is 16.3. The maximum atomic E-state index is 11.3. The summed E-state index contributed by atoms with van der Waals surface area (Å²) in [7, 11) is 1.95. The molecule has 0 saturated carbocycles. The topological polar surface area (TPSA) is 56.8 Å². The van der Waals surface area contributed by atoms with Crippen molar-refractivity contribution in [3.63, 3.8) is 0 Å². The number of nitrogens with one attached hydrogen (secondary N) is 1. The molecule has 1 atom stereocenters. The van der Waals surface area contributed by atoms with Gasteiger partial charge in [0.25, 0.3) is 0 Å². The Morgan fingerprint density at radius 1 is 1.48 bits per heavy atom. The first-order valence-corrected chi connectivity index (χ1v) is 7.24. The summed E-state index contributed by atoms with van der Waals surface area (Å²) in [4.78, 5) is 11.3. The van der Waals surface area contributed by atoms with E-state index >= 15 is 0 Å². The van der Waals surface area contributed by atoms with Crippen LogP contribution in [0, 0.1) is 0 Å². The standard InChI is InChI=1S/C16H23NO4/c1-5-19-15(18)10-20-11-6-7-12-13(17-4)9-16(2,3)21-14(12)8-11/h6-8,13,17H,5,9-10H2,1-4H3. The van der Waals surface area contributed by atoms with Crippen molar-refractivity contribution in [3.8, 4) is 11.5 Å². The number of hydrogen-bond acceptors (Lipinski definition) is 5. The molecule has 1 aromatic carbocycles. The second kappa shape index (κ2) is 6.35. The predicted octanol–water partition coefficient (Wildman–Crippen LogP) is 2.45. The number of fused-ring (bicyclic) bond motifs is 1. The van der Waals surface area contributed by atoms with Crippen LogP contribution in [-0.4, -0.2) is 31.8 Å². The number of rotatable bonds is 5. The first-order valence-electron chi connectivity index (χ1n) is 7.24. The fourth-order valence-electron chi connectivity index (χ4n) is 2.52. The maximum absolute atomic E-state index is 11.3. The first kappa shape index (κ1) is 15.6. The maximum Gasteiger partial charge on any atom is 0.344 e. The molecule has 116 valence electrons. The Hall–Kier alpha value is -1.75. The van der Waals surface area contributed by atoms with Gasteiger partial charge in [0.1, 0.15) is 17.1 Å². The van der Waals surface area contributed by atoms with Crippen molar-refractivity contribution in [2.24, 2.45) is 0 Å². The minimum Gasteiger partial charge on any atom is -0.487 e. The van der Waals surface area contributed by atoms with E-state index in [1.165, 1.54) is 0 Å². The highest BCUT2D eigenvalue weighted by Gasteiger charge is 2.33. The first-order chi connectivity index (χ1) is 9.95.